The van der Waals surface area contributed by atoms with Crippen molar-refractivity contribution in [2.75, 3.05) is 6.61 Å². The van der Waals surface area contributed by atoms with Gasteiger partial charge in [-0.1, -0.05) is 6.07 Å². The lowest BCUT2D eigenvalue weighted by molar-refractivity contribution is 0.0818. The summed E-state index contributed by atoms with van der Waals surface area (Å²) in [4.78, 5) is 0. The summed E-state index contributed by atoms with van der Waals surface area (Å²) in [5, 5.41) is 0. The van der Waals surface area contributed by atoms with Crippen molar-refractivity contribution in [1.29, 1.82) is 0 Å². The van der Waals surface area contributed by atoms with Crippen molar-refractivity contribution in [3.05, 3.63) is 29.3 Å². The monoisotopic (exact) mass is 319 g/mol. The summed E-state index contributed by atoms with van der Waals surface area (Å²) in [5.41, 5.74) is 1.77. The van der Waals surface area contributed by atoms with Crippen molar-refractivity contribution in [2.24, 2.45) is 0 Å². The van der Waals surface area contributed by atoms with Crippen molar-refractivity contribution in [1.82, 2.24) is 4.72 Å². The molecule has 0 bridgehead atoms. The van der Waals surface area contributed by atoms with Crippen LogP contribution >= 0.6 is 0 Å². The largest absolute Gasteiger partial charge is 0.598 e. The minimum atomic E-state index is -2.50. The van der Waals surface area contributed by atoms with Crippen LogP contribution in [0.5, 0.6) is 5.75 Å². The van der Waals surface area contributed by atoms with Gasteiger partial charge in [0, 0.05) is 11.4 Å². The van der Waals surface area contributed by atoms with Gasteiger partial charge in [-0.2, -0.15) is 0 Å². The Balaban J connectivity index is 2.82. The molecule has 0 fully saturated rings. The predicted molar refractivity (Wildman–Crippen MR) is 82.1 cm³/mol. The van der Waals surface area contributed by atoms with E-state index in [9.17, 15) is 13.3 Å². The Bertz CT molecular complexity index is 463. The lowest BCUT2D eigenvalue weighted by atomic mass is 10.1. The van der Waals surface area contributed by atoms with Crippen LogP contribution < -0.4 is 9.46 Å². The van der Waals surface area contributed by atoms with Crippen molar-refractivity contribution in [3.63, 3.8) is 0 Å². The van der Waals surface area contributed by atoms with Gasteiger partial charge in [-0.3, -0.25) is 0 Å². The molecule has 0 saturated heterocycles. The maximum atomic E-state index is 12.2. The van der Waals surface area contributed by atoms with Crippen LogP contribution in [0.3, 0.4) is 0 Å². The molecular formula is C15H23F2NO2S. The van der Waals surface area contributed by atoms with E-state index in [1.807, 2.05) is 40.7 Å². The fourth-order valence-corrected chi connectivity index (χ4v) is 2.49. The van der Waals surface area contributed by atoms with E-state index in [-0.39, 0.29) is 10.8 Å². The Hall–Kier alpha value is -0.850. The molecule has 0 aromatic heterocycles. The third-order valence-electron chi connectivity index (χ3n) is 2.79. The number of benzene rings is 1. The fraction of sp³-hybridized carbons (Fsp3) is 0.600. The summed E-state index contributed by atoms with van der Waals surface area (Å²) in [6, 6.07) is 5.16. The van der Waals surface area contributed by atoms with Crippen LogP contribution in [0.1, 0.15) is 44.9 Å². The third-order valence-corrected chi connectivity index (χ3v) is 4.47. The molecule has 2 atom stereocenters. The number of halogens is 2. The first-order chi connectivity index (χ1) is 9.59. The number of nitrogens with one attached hydrogen (secondary N) is 1. The average Bonchev–Trinajstić information content (AvgIpc) is 2.34. The highest BCUT2D eigenvalue weighted by Crippen LogP contribution is 2.24. The van der Waals surface area contributed by atoms with E-state index < -0.39 is 24.4 Å². The van der Waals surface area contributed by atoms with Gasteiger partial charge in [0.15, 0.2) is 0 Å². The van der Waals surface area contributed by atoms with Crippen LogP contribution in [0.2, 0.25) is 0 Å². The van der Waals surface area contributed by atoms with E-state index in [1.54, 1.807) is 12.1 Å². The van der Waals surface area contributed by atoms with Gasteiger partial charge >= 0.3 is 0 Å². The smallest absolute Gasteiger partial charge is 0.272 e. The highest BCUT2D eigenvalue weighted by atomic mass is 32.2. The van der Waals surface area contributed by atoms with Gasteiger partial charge in [-0.25, -0.2) is 8.78 Å². The fourth-order valence-electron chi connectivity index (χ4n) is 1.67. The molecule has 3 nitrogen and oxygen atoms in total. The first kappa shape index (κ1) is 18.2. The second-order valence-electron chi connectivity index (χ2n) is 6.00. The number of rotatable bonds is 6. The van der Waals surface area contributed by atoms with Crippen molar-refractivity contribution < 1.29 is 18.1 Å². The summed E-state index contributed by atoms with van der Waals surface area (Å²) in [7, 11) is 0. The molecule has 1 rings (SSSR count). The second-order valence-corrected chi connectivity index (χ2v) is 8.00. The summed E-state index contributed by atoms with van der Waals surface area (Å²) >= 11 is -1.20. The molecule has 0 spiro atoms. The number of hydrogen-bond donors (Lipinski definition) is 1. The molecule has 0 radical (unpaired) electrons. The molecule has 1 N–H and O–H groups in total. The molecule has 0 heterocycles. The van der Waals surface area contributed by atoms with Crippen molar-refractivity contribution in [3.8, 4) is 5.75 Å². The summed E-state index contributed by atoms with van der Waals surface area (Å²) in [5.74, 6) is 0.403. The minimum absolute atomic E-state index is 0.168. The van der Waals surface area contributed by atoms with E-state index >= 15 is 0 Å². The molecule has 1 unspecified atom stereocenters. The molecule has 0 saturated carbocycles. The molecule has 0 aliphatic rings. The van der Waals surface area contributed by atoms with Crippen LogP contribution in [0.25, 0.3) is 0 Å². The average molecular weight is 319 g/mol. The third kappa shape index (κ3) is 6.20. The van der Waals surface area contributed by atoms with Gasteiger partial charge in [-0.05, 0) is 57.9 Å². The highest BCUT2D eigenvalue weighted by molar-refractivity contribution is 7.90. The zero-order valence-electron chi connectivity index (χ0n) is 13.1. The maximum Gasteiger partial charge on any atom is 0.272 e. The zero-order valence-corrected chi connectivity index (χ0v) is 13.9. The van der Waals surface area contributed by atoms with E-state index in [0.717, 1.165) is 11.1 Å². The van der Waals surface area contributed by atoms with E-state index in [2.05, 4.69) is 4.72 Å². The van der Waals surface area contributed by atoms with Gasteiger partial charge in [0.05, 0.1) is 6.04 Å². The van der Waals surface area contributed by atoms with E-state index in [1.165, 1.54) is 0 Å². The SMILES string of the molecule is Cc1cc(OCC(F)F)cc(C(C)N[S@+]([O-])C(C)(C)C)c1. The van der Waals surface area contributed by atoms with Crippen LogP contribution in [0.15, 0.2) is 18.2 Å². The van der Waals surface area contributed by atoms with Crippen molar-refractivity contribution in [2.45, 2.75) is 51.8 Å². The first-order valence-corrected chi connectivity index (χ1v) is 7.95. The maximum absolute atomic E-state index is 12.2. The van der Waals surface area contributed by atoms with Crippen LogP contribution in [0, 0.1) is 6.92 Å². The molecular weight excluding hydrogens is 296 g/mol. The molecule has 0 aliphatic heterocycles. The van der Waals surface area contributed by atoms with Gasteiger partial charge < -0.3 is 9.29 Å². The zero-order chi connectivity index (χ0) is 16.2. The van der Waals surface area contributed by atoms with Crippen molar-refractivity contribution >= 4 is 11.4 Å². The first-order valence-electron chi connectivity index (χ1n) is 6.80. The number of alkyl halides is 2. The van der Waals surface area contributed by atoms with Gasteiger partial charge in [0.2, 0.25) is 0 Å². The minimum Gasteiger partial charge on any atom is -0.598 e. The molecule has 6 heteroatoms. The predicted octanol–water partition coefficient (Wildman–Crippen LogP) is 3.75. The molecule has 1 aromatic carbocycles. The lowest BCUT2D eigenvalue weighted by Gasteiger charge is -2.26. The molecule has 21 heavy (non-hydrogen) atoms. The van der Waals surface area contributed by atoms with Crippen LogP contribution in [-0.4, -0.2) is 22.3 Å². The van der Waals surface area contributed by atoms with Gasteiger partial charge in [0.25, 0.3) is 6.43 Å². The molecule has 0 aliphatic carbocycles. The normalized spacial score (nSPS) is 15.1. The van der Waals surface area contributed by atoms with E-state index in [4.69, 9.17) is 4.74 Å². The second kappa shape index (κ2) is 7.42. The van der Waals surface area contributed by atoms with Crippen LogP contribution in [-0.2, 0) is 11.4 Å². The van der Waals surface area contributed by atoms with E-state index in [0.29, 0.717) is 5.75 Å². The standard InChI is InChI=1S/C15H23F2NO2S/c1-10-6-12(8-13(7-10)20-9-14(16)17)11(2)18-21(19)15(3,4)5/h6-8,11,14,18H,9H2,1-5H3/t11?,21-/m1/s1. The van der Waals surface area contributed by atoms with Gasteiger partial charge in [-0.15, -0.1) is 4.72 Å². The number of aryl methyl sites for hydroxylation is 1. The summed E-state index contributed by atoms with van der Waals surface area (Å²) in [6.45, 7) is 8.78. The lowest BCUT2D eigenvalue weighted by Crippen LogP contribution is -2.40. The summed E-state index contributed by atoms with van der Waals surface area (Å²) in [6.07, 6.45) is -2.50. The molecule has 120 valence electrons. The molecule has 0 amide bonds. The van der Waals surface area contributed by atoms with Crippen LogP contribution in [0.4, 0.5) is 8.78 Å². The Kier molecular flexibility index (Phi) is 6.43. The Labute approximate surface area is 128 Å². The summed E-state index contributed by atoms with van der Waals surface area (Å²) < 4.78 is 44.2. The van der Waals surface area contributed by atoms with Gasteiger partial charge in [0.1, 0.15) is 17.1 Å². The molecule has 1 aromatic rings. The Morgan fingerprint density at radius 1 is 1.29 bits per heavy atom. The Morgan fingerprint density at radius 2 is 1.90 bits per heavy atom. The number of hydrogen-bond acceptors (Lipinski definition) is 3. The Morgan fingerprint density at radius 3 is 2.43 bits per heavy atom. The number of ether oxygens (including phenoxy) is 1. The highest BCUT2D eigenvalue weighted by Gasteiger charge is 2.28. The topological polar surface area (TPSA) is 44.3 Å². The quantitative estimate of drug-likeness (QED) is 0.812.